The Kier molecular flexibility index (Phi) is 2.79. The van der Waals surface area contributed by atoms with Crippen molar-refractivity contribution in [3.05, 3.63) is 0 Å². The molecule has 0 saturated carbocycles. The van der Waals surface area contributed by atoms with Crippen molar-refractivity contribution in [3.8, 4) is 0 Å². The molecule has 0 aliphatic heterocycles. The van der Waals surface area contributed by atoms with Crippen LogP contribution in [0, 0.1) is 0 Å². The van der Waals surface area contributed by atoms with E-state index in [9.17, 15) is 4.79 Å². The zero-order valence-electron chi connectivity index (χ0n) is 5.18. The minimum Gasteiger partial charge on any atom is -0.272 e. The minimum absolute atomic E-state index is 0.184. The monoisotopic (exact) mass is 136 g/mol. The minimum atomic E-state index is -0.184. The van der Waals surface area contributed by atoms with Crippen molar-refractivity contribution in [3.63, 3.8) is 0 Å². The van der Waals surface area contributed by atoms with Crippen LogP contribution in [0.25, 0.3) is 0 Å². The summed E-state index contributed by atoms with van der Waals surface area (Å²) in [5.74, 6) is -0.184. The molecule has 0 fully saturated rings. The van der Waals surface area contributed by atoms with Crippen molar-refractivity contribution in [2.45, 2.75) is 6.92 Å². The van der Waals surface area contributed by atoms with Crippen LogP contribution in [-0.4, -0.2) is 29.5 Å². The molecule has 0 aliphatic carbocycles. The topological polar surface area (TPSA) is 23.6 Å². The summed E-state index contributed by atoms with van der Waals surface area (Å²) in [6.45, 7) is 1.40. The zero-order chi connectivity index (χ0) is 6.73. The van der Waals surface area contributed by atoms with Crippen LogP contribution in [0.2, 0.25) is 0 Å². The molecule has 8 heavy (non-hydrogen) atoms. The predicted molar refractivity (Wildman–Crippen MR) is 32.1 cm³/mol. The molecule has 0 aromatic heterocycles. The van der Waals surface area contributed by atoms with Crippen molar-refractivity contribution >= 4 is 17.7 Å². The Labute approximate surface area is 53.9 Å². The van der Waals surface area contributed by atoms with Crippen molar-refractivity contribution in [2.75, 3.05) is 14.1 Å². The van der Waals surface area contributed by atoms with Crippen molar-refractivity contribution in [1.29, 1.82) is 0 Å². The number of carbonyl (C=O) groups excluding carboxylic acids is 1. The van der Waals surface area contributed by atoms with E-state index >= 15 is 0 Å². The van der Waals surface area contributed by atoms with Gasteiger partial charge in [0.2, 0.25) is 5.91 Å². The third-order valence-electron chi connectivity index (χ3n) is 0.611. The maximum absolute atomic E-state index is 10.3. The maximum atomic E-state index is 10.3. The lowest BCUT2D eigenvalue weighted by Crippen LogP contribution is -2.32. The van der Waals surface area contributed by atoms with Crippen LogP contribution in [-0.2, 0) is 4.79 Å². The van der Waals surface area contributed by atoms with E-state index in [-0.39, 0.29) is 5.91 Å². The second-order valence-corrected chi connectivity index (χ2v) is 1.95. The second-order valence-electron chi connectivity index (χ2n) is 1.63. The van der Waals surface area contributed by atoms with Gasteiger partial charge in [-0.1, -0.05) is 0 Å². The van der Waals surface area contributed by atoms with Gasteiger partial charge in [0.05, 0.1) is 0 Å². The molecule has 0 spiro atoms. The highest BCUT2D eigenvalue weighted by Gasteiger charge is 2.04. The van der Waals surface area contributed by atoms with E-state index in [2.05, 4.69) is 0 Å². The quantitative estimate of drug-likeness (QED) is 0.387. The van der Waals surface area contributed by atoms with Gasteiger partial charge in [-0.05, 0) is 0 Å². The fraction of sp³-hybridized carbons (Fsp3) is 0.750. The summed E-state index contributed by atoms with van der Waals surface area (Å²) in [4.78, 5) is 10.3. The summed E-state index contributed by atoms with van der Waals surface area (Å²) in [6, 6.07) is 0. The molecule has 0 heterocycles. The molecule has 0 aromatic carbocycles. The highest BCUT2D eigenvalue weighted by atomic mass is 35.5. The van der Waals surface area contributed by atoms with E-state index < -0.39 is 0 Å². The first kappa shape index (κ1) is 7.72. The van der Waals surface area contributed by atoms with Crippen LogP contribution >= 0.6 is 11.8 Å². The van der Waals surface area contributed by atoms with Gasteiger partial charge in [-0.25, -0.2) is 5.01 Å². The third-order valence-corrected chi connectivity index (χ3v) is 1.15. The highest BCUT2D eigenvalue weighted by molar-refractivity contribution is 6.20. The second kappa shape index (κ2) is 2.89. The molecule has 0 radical (unpaired) electrons. The standard InChI is InChI=1S/C4H9ClN2O/c1-4(8)7(5)6(2)3/h1-3H3. The van der Waals surface area contributed by atoms with Gasteiger partial charge >= 0.3 is 0 Å². The van der Waals surface area contributed by atoms with Gasteiger partial charge < -0.3 is 0 Å². The van der Waals surface area contributed by atoms with Gasteiger partial charge in [-0.3, -0.25) is 4.79 Å². The van der Waals surface area contributed by atoms with Crippen LogP contribution in [0.1, 0.15) is 6.92 Å². The summed E-state index contributed by atoms with van der Waals surface area (Å²) in [7, 11) is 3.38. The fourth-order valence-corrected chi connectivity index (χ4v) is 0.282. The number of carbonyl (C=O) groups is 1. The van der Waals surface area contributed by atoms with E-state index in [4.69, 9.17) is 11.8 Å². The summed E-state index contributed by atoms with van der Waals surface area (Å²) < 4.78 is 1.00. The zero-order valence-corrected chi connectivity index (χ0v) is 5.94. The molecule has 0 atom stereocenters. The Balaban J connectivity index is 3.64. The van der Waals surface area contributed by atoms with Gasteiger partial charge in [0, 0.05) is 32.8 Å². The van der Waals surface area contributed by atoms with E-state index in [1.165, 1.54) is 11.9 Å². The van der Waals surface area contributed by atoms with E-state index in [1.54, 1.807) is 14.1 Å². The molecule has 0 aromatic rings. The molecule has 0 unspecified atom stereocenters. The molecule has 48 valence electrons. The molecular weight excluding hydrogens is 128 g/mol. The smallest absolute Gasteiger partial charge is 0.248 e. The number of halogens is 1. The highest BCUT2D eigenvalue weighted by Crippen LogP contribution is 1.94. The molecule has 0 aliphatic rings. The summed E-state index contributed by atoms with van der Waals surface area (Å²) in [6.07, 6.45) is 0. The Hall–Kier alpha value is -0.280. The van der Waals surface area contributed by atoms with Crippen molar-refractivity contribution in [1.82, 2.24) is 9.54 Å². The van der Waals surface area contributed by atoms with Gasteiger partial charge in [-0.2, -0.15) is 4.53 Å². The first-order valence-electron chi connectivity index (χ1n) is 2.19. The fourth-order valence-electron chi connectivity index (χ4n) is 0.282. The molecular formula is C4H9ClN2O. The maximum Gasteiger partial charge on any atom is 0.248 e. The van der Waals surface area contributed by atoms with Crippen LogP contribution in [0.3, 0.4) is 0 Å². The number of hydrogen-bond acceptors (Lipinski definition) is 2. The number of nitrogens with zero attached hydrogens (tertiary/aromatic N) is 2. The summed E-state index contributed by atoms with van der Waals surface area (Å²) in [5, 5.41) is 1.49. The first-order valence-corrected chi connectivity index (χ1v) is 2.53. The lowest BCUT2D eigenvalue weighted by atomic mass is 10.7. The van der Waals surface area contributed by atoms with Gasteiger partial charge in [0.1, 0.15) is 0 Å². The summed E-state index contributed by atoms with van der Waals surface area (Å²) in [5.41, 5.74) is 0. The Morgan fingerprint density at radius 3 is 1.88 bits per heavy atom. The molecule has 0 rings (SSSR count). The molecule has 0 bridgehead atoms. The van der Waals surface area contributed by atoms with E-state index in [0.29, 0.717) is 0 Å². The third kappa shape index (κ3) is 2.14. The SMILES string of the molecule is CC(=O)N(Cl)N(C)C. The largest absolute Gasteiger partial charge is 0.272 e. The van der Waals surface area contributed by atoms with Crippen LogP contribution < -0.4 is 0 Å². The number of hydrazine groups is 1. The Bertz CT molecular complexity index is 94.0. The number of amides is 1. The van der Waals surface area contributed by atoms with Gasteiger partial charge in [0.15, 0.2) is 0 Å². The Morgan fingerprint density at radius 2 is 1.88 bits per heavy atom. The predicted octanol–water partition coefficient (Wildman–Crippen LogP) is 0.465. The molecule has 3 nitrogen and oxygen atoms in total. The van der Waals surface area contributed by atoms with E-state index in [1.807, 2.05) is 0 Å². The first-order chi connectivity index (χ1) is 3.55. The number of rotatable bonds is 1. The van der Waals surface area contributed by atoms with Gasteiger partial charge in [0.25, 0.3) is 0 Å². The van der Waals surface area contributed by atoms with Crippen LogP contribution in [0.5, 0.6) is 0 Å². The van der Waals surface area contributed by atoms with Crippen molar-refractivity contribution < 1.29 is 4.79 Å². The molecule has 4 heteroatoms. The molecule has 0 saturated heterocycles. The lowest BCUT2D eigenvalue weighted by molar-refractivity contribution is -0.132. The molecule has 1 amide bonds. The van der Waals surface area contributed by atoms with Crippen molar-refractivity contribution in [2.24, 2.45) is 0 Å². The number of hydrogen-bond donors (Lipinski definition) is 0. The molecule has 0 N–H and O–H groups in total. The summed E-state index contributed by atoms with van der Waals surface area (Å²) >= 11 is 5.36. The van der Waals surface area contributed by atoms with E-state index in [0.717, 1.165) is 4.53 Å². The Morgan fingerprint density at radius 1 is 1.50 bits per heavy atom. The lowest BCUT2D eigenvalue weighted by Gasteiger charge is -2.17. The average Bonchev–Trinajstić information content (AvgIpc) is 1.64. The van der Waals surface area contributed by atoms with Gasteiger partial charge in [-0.15, -0.1) is 0 Å². The normalized spacial score (nSPS) is 9.62. The average molecular weight is 137 g/mol. The van der Waals surface area contributed by atoms with Crippen LogP contribution in [0.4, 0.5) is 0 Å². The van der Waals surface area contributed by atoms with Crippen LogP contribution in [0.15, 0.2) is 0 Å².